The molecule has 0 spiro atoms. The molecule has 153 valence electrons. The van der Waals surface area contributed by atoms with E-state index < -0.39 is 11.8 Å². The van der Waals surface area contributed by atoms with Gasteiger partial charge in [-0.05, 0) is 65.1 Å². The fraction of sp³-hybridized carbons (Fsp3) is 0.0833. The van der Waals surface area contributed by atoms with Crippen LogP contribution in [-0.2, 0) is 6.42 Å². The zero-order chi connectivity index (χ0) is 21.5. The van der Waals surface area contributed by atoms with Crippen molar-refractivity contribution in [2.75, 3.05) is 5.32 Å². The van der Waals surface area contributed by atoms with Gasteiger partial charge >= 0.3 is 6.03 Å². The number of amides is 2. The van der Waals surface area contributed by atoms with Crippen molar-refractivity contribution >= 4 is 44.4 Å². The zero-order valence-electron chi connectivity index (χ0n) is 16.6. The number of urea groups is 1. The van der Waals surface area contributed by atoms with E-state index in [4.69, 9.17) is 5.73 Å². The molecule has 1 aliphatic carbocycles. The molecule has 3 aromatic heterocycles. The number of thiophene rings is 1. The molecule has 0 saturated carbocycles. The molecule has 0 fully saturated rings. The van der Waals surface area contributed by atoms with Crippen molar-refractivity contribution in [2.24, 2.45) is 5.73 Å². The normalized spacial score (nSPS) is 13.0. The van der Waals surface area contributed by atoms with Crippen molar-refractivity contribution in [1.29, 1.82) is 0 Å². The average Bonchev–Trinajstić information content (AvgIpc) is 3.41. The maximum atomic E-state index is 14.6. The smallest absolute Gasteiger partial charge is 0.316 e. The van der Waals surface area contributed by atoms with Crippen LogP contribution in [0.2, 0.25) is 0 Å². The number of nitrogens with zero attached hydrogens (tertiary/aromatic N) is 2. The van der Waals surface area contributed by atoms with Crippen LogP contribution >= 0.6 is 11.3 Å². The first-order valence-electron chi connectivity index (χ1n) is 9.83. The second kappa shape index (κ2) is 7.59. The van der Waals surface area contributed by atoms with Gasteiger partial charge in [0.2, 0.25) is 0 Å². The van der Waals surface area contributed by atoms with Crippen LogP contribution in [0.5, 0.6) is 0 Å². The van der Waals surface area contributed by atoms with Gasteiger partial charge in [0, 0.05) is 30.1 Å². The van der Waals surface area contributed by atoms with E-state index in [2.05, 4.69) is 28.3 Å². The summed E-state index contributed by atoms with van der Waals surface area (Å²) in [4.78, 5) is 21.1. The molecule has 0 unspecified atom stereocenters. The Bertz CT molecular complexity index is 1360. The number of carbonyl (C=O) groups excluding carboxylic acids is 1. The van der Waals surface area contributed by atoms with Crippen LogP contribution in [0.4, 0.5) is 14.9 Å². The van der Waals surface area contributed by atoms with Gasteiger partial charge in [0.15, 0.2) is 0 Å². The number of nitrogens with two attached hydrogens (primary N) is 1. The topological polar surface area (TPSA) is 80.9 Å². The van der Waals surface area contributed by atoms with Gasteiger partial charge in [-0.2, -0.15) is 0 Å². The molecule has 7 heteroatoms. The Morgan fingerprint density at radius 3 is 2.65 bits per heavy atom. The average molecular weight is 430 g/mol. The first-order chi connectivity index (χ1) is 15.0. The quantitative estimate of drug-likeness (QED) is 0.428. The molecular formula is C24H18FN4OS. The van der Waals surface area contributed by atoms with E-state index in [-0.39, 0.29) is 0 Å². The highest BCUT2D eigenvalue weighted by atomic mass is 32.1. The summed E-state index contributed by atoms with van der Waals surface area (Å²) in [5, 5.41) is 2.38. The minimum atomic E-state index is -0.725. The number of hydrogen-bond donors (Lipinski definition) is 2. The number of rotatable bonds is 5. The van der Waals surface area contributed by atoms with E-state index in [1.165, 1.54) is 11.6 Å². The van der Waals surface area contributed by atoms with Crippen molar-refractivity contribution < 1.29 is 9.18 Å². The van der Waals surface area contributed by atoms with Gasteiger partial charge in [-0.15, -0.1) is 11.3 Å². The van der Waals surface area contributed by atoms with Gasteiger partial charge < -0.3 is 11.1 Å². The molecule has 5 nitrogen and oxygen atoms in total. The highest BCUT2D eigenvalue weighted by Gasteiger charge is 2.29. The second-order valence-electron chi connectivity index (χ2n) is 7.24. The number of fused-ring (bicyclic) bond motifs is 1. The maximum absolute atomic E-state index is 14.6. The van der Waals surface area contributed by atoms with Gasteiger partial charge in [0.1, 0.15) is 5.82 Å². The first kappa shape index (κ1) is 19.4. The monoisotopic (exact) mass is 429 g/mol. The Hall–Kier alpha value is -3.58. The van der Waals surface area contributed by atoms with Crippen molar-refractivity contribution in [3.05, 3.63) is 83.8 Å². The van der Waals surface area contributed by atoms with Crippen molar-refractivity contribution in [2.45, 2.75) is 13.3 Å². The maximum Gasteiger partial charge on any atom is 0.316 e. The fourth-order valence-corrected chi connectivity index (χ4v) is 4.68. The van der Waals surface area contributed by atoms with Crippen LogP contribution in [0.1, 0.15) is 23.6 Å². The molecule has 1 aliphatic rings. The number of carbonyl (C=O) groups is 1. The highest BCUT2D eigenvalue weighted by molar-refractivity contribution is 7.22. The fourth-order valence-electron chi connectivity index (χ4n) is 3.56. The van der Waals surface area contributed by atoms with Crippen LogP contribution in [0.15, 0.2) is 54.9 Å². The van der Waals surface area contributed by atoms with Gasteiger partial charge in [-0.25, -0.2) is 9.18 Å². The number of aryl methyl sites for hydroxylation is 1. The summed E-state index contributed by atoms with van der Waals surface area (Å²) in [5.41, 5.74) is 11.8. The minimum Gasteiger partial charge on any atom is -0.351 e. The number of allylic oxidation sites excluding steroid dienone is 2. The molecule has 4 aromatic rings. The van der Waals surface area contributed by atoms with Crippen LogP contribution < -0.4 is 11.1 Å². The standard InChI is InChI=1S/C24H18FN4OS/c1-2-13-3-6-20(28-12-13)22-11-21-23(31-22)16(7-8-27-21)18-10-17(18)15-5-4-14(9-19(15)25)29-24(26)30/h3-12H,2H2,1H3,(H3,26,29,30). The Morgan fingerprint density at radius 2 is 1.94 bits per heavy atom. The summed E-state index contributed by atoms with van der Waals surface area (Å²) < 4.78 is 15.7. The van der Waals surface area contributed by atoms with Gasteiger partial charge in [-0.1, -0.05) is 13.0 Å². The van der Waals surface area contributed by atoms with E-state index in [1.807, 2.05) is 30.8 Å². The Kier molecular flexibility index (Phi) is 4.75. The number of hydrogen-bond acceptors (Lipinski definition) is 4. The molecule has 1 radical (unpaired) electrons. The Morgan fingerprint density at radius 1 is 1.10 bits per heavy atom. The minimum absolute atomic E-state index is 0.326. The van der Waals surface area contributed by atoms with E-state index in [0.29, 0.717) is 11.3 Å². The molecular weight excluding hydrogens is 411 g/mol. The summed E-state index contributed by atoms with van der Waals surface area (Å²) in [6.07, 6.45) is 6.59. The number of nitrogens with one attached hydrogen (secondary N) is 1. The van der Waals surface area contributed by atoms with Crippen LogP contribution in [0, 0.1) is 12.2 Å². The predicted octanol–water partition coefficient (Wildman–Crippen LogP) is 5.68. The van der Waals surface area contributed by atoms with Crippen molar-refractivity contribution in [1.82, 2.24) is 9.97 Å². The number of aromatic nitrogens is 2. The predicted molar refractivity (Wildman–Crippen MR) is 123 cm³/mol. The molecule has 3 heterocycles. The van der Waals surface area contributed by atoms with Gasteiger partial charge in [-0.3, -0.25) is 9.97 Å². The SMILES string of the molecule is CCc1ccc(-c2cc3nccc(C4=C(c5ccc(NC(N)=O)cc5F)[CH]4)c3s2)nc1. The Balaban J connectivity index is 1.51. The molecule has 5 rings (SSSR count). The van der Waals surface area contributed by atoms with Gasteiger partial charge in [0.05, 0.1) is 20.8 Å². The van der Waals surface area contributed by atoms with E-state index in [1.54, 1.807) is 29.7 Å². The van der Waals surface area contributed by atoms with Crippen LogP contribution in [-0.4, -0.2) is 16.0 Å². The third-order valence-corrected chi connectivity index (χ3v) is 6.39. The van der Waals surface area contributed by atoms with E-state index in [0.717, 1.165) is 43.9 Å². The van der Waals surface area contributed by atoms with Crippen LogP contribution in [0.25, 0.3) is 31.9 Å². The number of pyridine rings is 2. The zero-order valence-corrected chi connectivity index (χ0v) is 17.5. The molecule has 0 atom stereocenters. The molecule has 1 aromatic carbocycles. The number of primary amides is 1. The van der Waals surface area contributed by atoms with E-state index in [9.17, 15) is 9.18 Å². The summed E-state index contributed by atoms with van der Waals surface area (Å²) in [6.45, 7) is 2.11. The molecule has 3 N–H and O–H groups in total. The molecule has 0 saturated heterocycles. The molecule has 2 amide bonds. The largest absolute Gasteiger partial charge is 0.351 e. The second-order valence-corrected chi connectivity index (χ2v) is 8.30. The highest BCUT2D eigenvalue weighted by Crippen LogP contribution is 2.49. The van der Waals surface area contributed by atoms with Crippen molar-refractivity contribution in [3.8, 4) is 10.6 Å². The number of anilines is 1. The van der Waals surface area contributed by atoms with E-state index >= 15 is 0 Å². The molecule has 31 heavy (non-hydrogen) atoms. The molecule has 0 bridgehead atoms. The Labute approximate surface area is 182 Å². The summed E-state index contributed by atoms with van der Waals surface area (Å²) in [6, 6.07) is 12.0. The lowest BCUT2D eigenvalue weighted by Gasteiger charge is -2.03. The summed E-state index contributed by atoms with van der Waals surface area (Å²) >= 11 is 1.64. The van der Waals surface area contributed by atoms with Crippen LogP contribution in [0.3, 0.4) is 0 Å². The van der Waals surface area contributed by atoms with Gasteiger partial charge in [0.25, 0.3) is 0 Å². The number of benzene rings is 1. The third-order valence-electron chi connectivity index (χ3n) is 5.21. The molecule has 0 aliphatic heterocycles. The van der Waals surface area contributed by atoms with Crippen molar-refractivity contribution in [3.63, 3.8) is 0 Å². The first-order valence-corrected chi connectivity index (χ1v) is 10.6. The third kappa shape index (κ3) is 3.68. The lowest BCUT2D eigenvalue weighted by atomic mass is 10.1. The number of halogens is 1. The summed E-state index contributed by atoms with van der Waals surface area (Å²) in [5.74, 6) is -0.412. The summed E-state index contributed by atoms with van der Waals surface area (Å²) in [7, 11) is 0. The lowest BCUT2D eigenvalue weighted by molar-refractivity contribution is 0.259. The lowest BCUT2D eigenvalue weighted by Crippen LogP contribution is -2.19.